The number of carbonyl (C=O) groups is 2. The molecule has 0 spiro atoms. The second-order valence-corrected chi connectivity index (χ2v) is 7.87. The first-order valence-electron chi connectivity index (χ1n) is 9.51. The lowest BCUT2D eigenvalue weighted by Gasteiger charge is -2.34. The first-order chi connectivity index (χ1) is 12.5. The zero-order chi connectivity index (χ0) is 18.3. The first kappa shape index (κ1) is 17.2. The lowest BCUT2D eigenvalue weighted by atomic mass is 10.0. The molecule has 4 rings (SSSR count). The normalized spacial score (nSPS) is 22.7. The van der Waals surface area contributed by atoms with Gasteiger partial charge < -0.3 is 19.3 Å². The Balaban J connectivity index is 1.54. The van der Waals surface area contributed by atoms with E-state index in [4.69, 9.17) is 9.47 Å². The van der Waals surface area contributed by atoms with Gasteiger partial charge in [0.15, 0.2) is 11.5 Å². The van der Waals surface area contributed by atoms with Crippen LogP contribution in [0.5, 0.6) is 11.5 Å². The Kier molecular flexibility index (Phi) is 4.51. The number of benzene rings is 1. The molecule has 2 heterocycles. The molecule has 2 aliphatic heterocycles. The molecular weight excluding hydrogens is 332 g/mol. The van der Waals surface area contributed by atoms with Crippen LogP contribution < -0.4 is 9.47 Å². The van der Waals surface area contributed by atoms with Crippen LogP contribution in [0.15, 0.2) is 18.2 Å². The minimum Gasteiger partial charge on any atom is -0.454 e. The standard InChI is InChI=1S/C20H26N2O4/c1-13(2)16-11-21(8-7-19(23)22(16)10-14-3-4-14)20(24)15-5-6-17-18(9-15)26-12-25-17/h5-6,9,13-14,16H,3-4,7-8,10-12H2,1-2H3. The van der Waals surface area contributed by atoms with E-state index in [2.05, 4.69) is 13.8 Å². The maximum absolute atomic E-state index is 13.1. The van der Waals surface area contributed by atoms with E-state index in [0.29, 0.717) is 48.4 Å². The molecule has 1 aliphatic carbocycles. The Labute approximate surface area is 154 Å². The van der Waals surface area contributed by atoms with Crippen LogP contribution in [0.1, 0.15) is 43.5 Å². The molecule has 2 amide bonds. The van der Waals surface area contributed by atoms with Crippen LogP contribution in [0.2, 0.25) is 0 Å². The van der Waals surface area contributed by atoms with Crippen molar-refractivity contribution in [1.82, 2.24) is 9.80 Å². The molecule has 1 saturated carbocycles. The number of hydrogen-bond acceptors (Lipinski definition) is 4. The summed E-state index contributed by atoms with van der Waals surface area (Å²) in [4.78, 5) is 29.6. The highest BCUT2D eigenvalue weighted by molar-refractivity contribution is 5.95. The second-order valence-electron chi connectivity index (χ2n) is 7.87. The Morgan fingerprint density at radius 3 is 2.73 bits per heavy atom. The van der Waals surface area contributed by atoms with E-state index >= 15 is 0 Å². The molecule has 2 fully saturated rings. The van der Waals surface area contributed by atoms with Gasteiger partial charge in [-0.3, -0.25) is 9.59 Å². The van der Waals surface area contributed by atoms with E-state index in [0.717, 1.165) is 6.54 Å². The van der Waals surface area contributed by atoms with Gasteiger partial charge in [-0.25, -0.2) is 0 Å². The van der Waals surface area contributed by atoms with Crippen molar-refractivity contribution in [3.8, 4) is 11.5 Å². The summed E-state index contributed by atoms with van der Waals surface area (Å²) in [6, 6.07) is 5.36. The Hall–Kier alpha value is -2.24. The fraction of sp³-hybridized carbons (Fsp3) is 0.600. The fourth-order valence-electron chi connectivity index (χ4n) is 3.76. The van der Waals surface area contributed by atoms with Crippen molar-refractivity contribution in [3.05, 3.63) is 23.8 Å². The highest BCUT2D eigenvalue weighted by Gasteiger charge is 2.36. The van der Waals surface area contributed by atoms with Crippen molar-refractivity contribution in [1.29, 1.82) is 0 Å². The van der Waals surface area contributed by atoms with Crippen LogP contribution in [0, 0.1) is 11.8 Å². The van der Waals surface area contributed by atoms with E-state index in [1.807, 2.05) is 9.80 Å². The van der Waals surface area contributed by atoms with E-state index in [1.165, 1.54) is 12.8 Å². The smallest absolute Gasteiger partial charge is 0.254 e. The summed E-state index contributed by atoms with van der Waals surface area (Å²) in [6.07, 6.45) is 2.83. The predicted octanol–water partition coefficient (Wildman–Crippen LogP) is 2.52. The van der Waals surface area contributed by atoms with Crippen LogP contribution >= 0.6 is 0 Å². The molecular formula is C20H26N2O4. The van der Waals surface area contributed by atoms with Crippen molar-refractivity contribution in [2.24, 2.45) is 11.8 Å². The summed E-state index contributed by atoms with van der Waals surface area (Å²) < 4.78 is 10.7. The van der Waals surface area contributed by atoms with Crippen molar-refractivity contribution < 1.29 is 19.1 Å². The summed E-state index contributed by atoms with van der Waals surface area (Å²) in [5.41, 5.74) is 0.583. The molecule has 6 nitrogen and oxygen atoms in total. The third-order valence-electron chi connectivity index (χ3n) is 5.55. The quantitative estimate of drug-likeness (QED) is 0.830. The fourth-order valence-corrected chi connectivity index (χ4v) is 3.76. The molecule has 3 aliphatic rings. The molecule has 1 atom stereocenters. The van der Waals surface area contributed by atoms with Gasteiger partial charge in [-0.1, -0.05) is 13.8 Å². The zero-order valence-corrected chi connectivity index (χ0v) is 15.4. The van der Waals surface area contributed by atoms with Crippen LogP contribution in [-0.4, -0.2) is 54.1 Å². The van der Waals surface area contributed by atoms with Crippen LogP contribution in [-0.2, 0) is 4.79 Å². The van der Waals surface area contributed by atoms with Gasteiger partial charge in [0, 0.05) is 31.6 Å². The molecule has 1 saturated heterocycles. The number of fused-ring (bicyclic) bond motifs is 1. The molecule has 1 aromatic rings. The SMILES string of the molecule is CC(C)C1CN(C(=O)c2ccc3c(c2)OCO3)CCC(=O)N1CC1CC1. The maximum atomic E-state index is 13.1. The van der Waals surface area contributed by atoms with Crippen LogP contribution in [0.25, 0.3) is 0 Å². The molecule has 1 aromatic carbocycles. The van der Waals surface area contributed by atoms with E-state index in [9.17, 15) is 9.59 Å². The third-order valence-corrected chi connectivity index (χ3v) is 5.55. The molecule has 0 N–H and O–H groups in total. The Morgan fingerprint density at radius 2 is 2.00 bits per heavy atom. The van der Waals surface area contributed by atoms with Gasteiger partial charge >= 0.3 is 0 Å². The highest BCUT2D eigenvalue weighted by Crippen LogP contribution is 2.34. The van der Waals surface area contributed by atoms with Gasteiger partial charge in [-0.05, 0) is 42.9 Å². The van der Waals surface area contributed by atoms with Crippen molar-refractivity contribution in [2.75, 3.05) is 26.4 Å². The summed E-state index contributed by atoms with van der Waals surface area (Å²) in [5, 5.41) is 0. The topological polar surface area (TPSA) is 59.1 Å². The average Bonchev–Trinajstić information content (AvgIpc) is 3.35. The van der Waals surface area contributed by atoms with Crippen LogP contribution in [0.4, 0.5) is 0 Å². The van der Waals surface area contributed by atoms with E-state index in [1.54, 1.807) is 18.2 Å². The second kappa shape index (κ2) is 6.82. The number of rotatable bonds is 4. The number of nitrogens with zero attached hydrogens (tertiary/aromatic N) is 2. The minimum atomic E-state index is -0.0463. The summed E-state index contributed by atoms with van der Waals surface area (Å²) in [6.45, 7) is 6.35. The number of hydrogen-bond donors (Lipinski definition) is 0. The first-order valence-corrected chi connectivity index (χ1v) is 9.51. The molecule has 0 aromatic heterocycles. The lowest BCUT2D eigenvalue weighted by Crippen LogP contribution is -2.48. The highest BCUT2D eigenvalue weighted by atomic mass is 16.7. The molecule has 0 bridgehead atoms. The van der Waals surface area contributed by atoms with Gasteiger partial charge in [0.2, 0.25) is 12.7 Å². The minimum absolute atomic E-state index is 0.0463. The summed E-state index contributed by atoms with van der Waals surface area (Å²) >= 11 is 0. The lowest BCUT2D eigenvalue weighted by molar-refractivity contribution is -0.133. The van der Waals surface area contributed by atoms with Crippen LogP contribution in [0.3, 0.4) is 0 Å². The molecule has 1 unspecified atom stereocenters. The Morgan fingerprint density at radius 1 is 1.23 bits per heavy atom. The molecule has 26 heavy (non-hydrogen) atoms. The van der Waals surface area contributed by atoms with Gasteiger partial charge in [0.25, 0.3) is 5.91 Å². The summed E-state index contributed by atoms with van der Waals surface area (Å²) in [7, 11) is 0. The van der Waals surface area contributed by atoms with Crippen molar-refractivity contribution in [3.63, 3.8) is 0 Å². The van der Waals surface area contributed by atoms with Gasteiger partial charge in [-0.2, -0.15) is 0 Å². The molecule has 140 valence electrons. The van der Waals surface area contributed by atoms with Gasteiger partial charge in [0.05, 0.1) is 6.04 Å². The van der Waals surface area contributed by atoms with Gasteiger partial charge in [-0.15, -0.1) is 0 Å². The number of carbonyl (C=O) groups excluding carboxylic acids is 2. The third kappa shape index (κ3) is 3.37. The van der Waals surface area contributed by atoms with E-state index in [-0.39, 0.29) is 24.6 Å². The largest absolute Gasteiger partial charge is 0.454 e. The van der Waals surface area contributed by atoms with Crippen molar-refractivity contribution in [2.45, 2.75) is 39.2 Å². The van der Waals surface area contributed by atoms with Crippen molar-refractivity contribution >= 4 is 11.8 Å². The number of amides is 2. The van der Waals surface area contributed by atoms with Gasteiger partial charge in [0.1, 0.15) is 0 Å². The maximum Gasteiger partial charge on any atom is 0.254 e. The summed E-state index contributed by atoms with van der Waals surface area (Å²) in [5.74, 6) is 2.37. The zero-order valence-electron chi connectivity index (χ0n) is 15.4. The molecule has 0 radical (unpaired) electrons. The monoisotopic (exact) mass is 358 g/mol. The van der Waals surface area contributed by atoms with E-state index < -0.39 is 0 Å². The average molecular weight is 358 g/mol. The Bertz CT molecular complexity index is 714. The molecule has 6 heteroatoms. The number of ether oxygens (including phenoxy) is 2. The predicted molar refractivity (Wildman–Crippen MR) is 96.1 cm³/mol.